The van der Waals surface area contributed by atoms with E-state index in [-0.39, 0.29) is 5.97 Å². The Hall–Kier alpha value is -2.29. The number of esters is 1. The van der Waals surface area contributed by atoms with Crippen LogP contribution in [0.2, 0.25) is 0 Å². The van der Waals surface area contributed by atoms with E-state index >= 15 is 0 Å². The van der Waals surface area contributed by atoms with E-state index in [9.17, 15) is 4.79 Å². The standard InChI is InChI=1S/C14H12O3/c1-11(15)17-14-7-3-2-5-12(14)8-9-13-6-4-10-16-13/h2-10H,1H3/b9-8+. The summed E-state index contributed by atoms with van der Waals surface area (Å²) < 4.78 is 10.3. The molecular formula is C14H12O3. The molecular weight excluding hydrogens is 216 g/mol. The Bertz CT molecular complexity index is 524. The highest BCUT2D eigenvalue weighted by atomic mass is 16.5. The lowest BCUT2D eigenvalue weighted by molar-refractivity contribution is -0.131. The Labute approximate surface area is 99.3 Å². The SMILES string of the molecule is CC(=O)Oc1ccccc1/C=C/c1ccco1. The first-order valence-corrected chi connectivity index (χ1v) is 5.25. The van der Waals surface area contributed by atoms with E-state index in [4.69, 9.17) is 9.15 Å². The zero-order chi connectivity index (χ0) is 12.1. The Balaban J connectivity index is 2.23. The van der Waals surface area contributed by atoms with E-state index in [2.05, 4.69) is 0 Å². The van der Waals surface area contributed by atoms with Crippen molar-refractivity contribution in [2.75, 3.05) is 0 Å². The fourth-order valence-electron chi connectivity index (χ4n) is 1.42. The number of para-hydroxylation sites is 1. The fraction of sp³-hybridized carbons (Fsp3) is 0.0714. The van der Waals surface area contributed by atoms with Crippen molar-refractivity contribution in [1.82, 2.24) is 0 Å². The molecule has 0 amide bonds. The zero-order valence-corrected chi connectivity index (χ0v) is 9.42. The smallest absolute Gasteiger partial charge is 0.308 e. The van der Waals surface area contributed by atoms with Gasteiger partial charge in [-0.05, 0) is 30.4 Å². The van der Waals surface area contributed by atoms with E-state index in [1.54, 1.807) is 12.3 Å². The van der Waals surface area contributed by atoms with Gasteiger partial charge in [0, 0.05) is 12.5 Å². The average Bonchev–Trinajstić information content (AvgIpc) is 2.80. The second-order valence-corrected chi connectivity index (χ2v) is 3.48. The minimum absolute atomic E-state index is 0.330. The molecule has 0 atom stereocenters. The van der Waals surface area contributed by atoms with Crippen LogP contribution >= 0.6 is 0 Å². The van der Waals surface area contributed by atoms with Crippen LogP contribution in [0, 0.1) is 0 Å². The molecule has 1 aromatic carbocycles. The van der Waals surface area contributed by atoms with E-state index in [1.807, 2.05) is 42.5 Å². The topological polar surface area (TPSA) is 39.4 Å². The third kappa shape index (κ3) is 3.08. The van der Waals surface area contributed by atoms with Crippen LogP contribution in [0.5, 0.6) is 5.75 Å². The zero-order valence-electron chi connectivity index (χ0n) is 9.42. The monoisotopic (exact) mass is 228 g/mol. The summed E-state index contributed by atoms with van der Waals surface area (Å²) >= 11 is 0. The Morgan fingerprint density at radius 1 is 1.18 bits per heavy atom. The summed E-state index contributed by atoms with van der Waals surface area (Å²) in [5.41, 5.74) is 0.833. The molecule has 0 aliphatic rings. The fourth-order valence-corrected chi connectivity index (χ4v) is 1.42. The van der Waals surface area contributed by atoms with E-state index in [0.29, 0.717) is 5.75 Å². The van der Waals surface area contributed by atoms with Gasteiger partial charge in [0.2, 0.25) is 0 Å². The summed E-state index contributed by atoms with van der Waals surface area (Å²) in [7, 11) is 0. The minimum atomic E-state index is -0.330. The third-order valence-corrected chi connectivity index (χ3v) is 2.14. The van der Waals surface area contributed by atoms with Gasteiger partial charge >= 0.3 is 5.97 Å². The Morgan fingerprint density at radius 2 is 2.00 bits per heavy atom. The quantitative estimate of drug-likeness (QED) is 0.597. The van der Waals surface area contributed by atoms with Crippen molar-refractivity contribution in [3.05, 3.63) is 54.0 Å². The first-order chi connectivity index (χ1) is 8.25. The van der Waals surface area contributed by atoms with Gasteiger partial charge in [-0.2, -0.15) is 0 Å². The van der Waals surface area contributed by atoms with Gasteiger partial charge in [-0.15, -0.1) is 0 Å². The third-order valence-electron chi connectivity index (χ3n) is 2.14. The molecule has 3 heteroatoms. The molecule has 17 heavy (non-hydrogen) atoms. The van der Waals surface area contributed by atoms with Crippen molar-refractivity contribution in [2.45, 2.75) is 6.92 Å². The molecule has 0 aliphatic heterocycles. The molecule has 0 spiro atoms. The maximum absolute atomic E-state index is 10.9. The molecule has 1 heterocycles. The van der Waals surface area contributed by atoms with Crippen molar-refractivity contribution in [2.24, 2.45) is 0 Å². The van der Waals surface area contributed by atoms with Crippen LogP contribution in [0.3, 0.4) is 0 Å². The molecule has 0 aliphatic carbocycles. The number of rotatable bonds is 3. The van der Waals surface area contributed by atoms with Crippen molar-refractivity contribution in [3.8, 4) is 5.75 Å². The molecule has 2 rings (SSSR count). The van der Waals surface area contributed by atoms with Gasteiger partial charge < -0.3 is 9.15 Å². The Kier molecular flexibility index (Phi) is 3.40. The molecule has 0 saturated carbocycles. The average molecular weight is 228 g/mol. The van der Waals surface area contributed by atoms with E-state index in [0.717, 1.165) is 11.3 Å². The molecule has 3 nitrogen and oxygen atoms in total. The Morgan fingerprint density at radius 3 is 2.71 bits per heavy atom. The summed E-state index contributed by atoms with van der Waals surface area (Å²) in [5, 5.41) is 0. The van der Waals surface area contributed by atoms with Crippen molar-refractivity contribution < 1.29 is 13.9 Å². The molecule has 0 unspecified atom stereocenters. The second kappa shape index (κ2) is 5.16. The van der Waals surface area contributed by atoms with Gasteiger partial charge in [-0.3, -0.25) is 4.79 Å². The number of ether oxygens (including phenoxy) is 1. The van der Waals surface area contributed by atoms with Crippen LogP contribution in [-0.4, -0.2) is 5.97 Å². The number of hydrogen-bond acceptors (Lipinski definition) is 3. The summed E-state index contributed by atoms with van der Waals surface area (Å²) in [6.07, 6.45) is 5.27. The largest absolute Gasteiger partial charge is 0.465 e. The summed E-state index contributed by atoms with van der Waals surface area (Å²) in [6, 6.07) is 11.0. The molecule has 0 fully saturated rings. The highest BCUT2D eigenvalue weighted by Gasteiger charge is 2.02. The number of benzene rings is 1. The maximum atomic E-state index is 10.9. The van der Waals surface area contributed by atoms with E-state index in [1.165, 1.54) is 6.92 Å². The predicted octanol–water partition coefficient (Wildman–Crippen LogP) is 3.38. The van der Waals surface area contributed by atoms with Crippen LogP contribution in [0.4, 0.5) is 0 Å². The molecule has 2 aromatic rings. The van der Waals surface area contributed by atoms with Crippen LogP contribution in [0.1, 0.15) is 18.2 Å². The molecule has 86 valence electrons. The van der Waals surface area contributed by atoms with Crippen molar-refractivity contribution in [1.29, 1.82) is 0 Å². The predicted molar refractivity (Wildman–Crippen MR) is 65.4 cm³/mol. The highest BCUT2D eigenvalue weighted by Crippen LogP contribution is 2.20. The normalized spacial score (nSPS) is 10.6. The molecule has 0 bridgehead atoms. The molecule has 1 aromatic heterocycles. The highest BCUT2D eigenvalue weighted by molar-refractivity contribution is 5.75. The van der Waals surface area contributed by atoms with E-state index < -0.39 is 0 Å². The van der Waals surface area contributed by atoms with Crippen molar-refractivity contribution in [3.63, 3.8) is 0 Å². The van der Waals surface area contributed by atoms with Crippen LogP contribution in [0.25, 0.3) is 12.2 Å². The van der Waals surface area contributed by atoms with Gasteiger partial charge in [0.15, 0.2) is 0 Å². The first-order valence-electron chi connectivity index (χ1n) is 5.25. The molecule has 0 saturated heterocycles. The van der Waals surface area contributed by atoms with Gasteiger partial charge in [-0.1, -0.05) is 18.2 Å². The summed E-state index contributed by atoms with van der Waals surface area (Å²) in [6.45, 7) is 1.38. The summed E-state index contributed by atoms with van der Waals surface area (Å²) in [5.74, 6) is 0.967. The number of carbonyl (C=O) groups is 1. The lowest BCUT2D eigenvalue weighted by Gasteiger charge is -2.04. The van der Waals surface area contributed by atoms with Gasteiger partial charge in [-0.25, -0.2) is 0 Å². The number of carbonyl (C=O) groups excluding carboxylic acids is 1. The molecule has 0 radical (unpaired) electrons. The second-order valence-electron chi connectivity index (χ2n) is 3.48. The van der Waals surface area contributed by atoms with Crippen LogP contribution in [-0.2, 0) is 4.79 Å². The lowest BCUT2D eigenvalue weighted by atomic mass is 10.2. The number of hydrogen-bond donors (Lipinski definition) is 0. The lowest BCUT2D eigenvalue weighted by Crippen LogP contribution is -2.02. The molecule has 0 N–H and O–H groups in total. The maximum Gasteiger partial charge on any atom is 0.308 e. The van der Waals surface area contributed by atoms with Gasteiger partial charge in [0.25, 0.3) is 0 Å². The van der Waals surface area contributed by atoms with Crippen LogP contribution < -0.4 is 4.74 Å². The van der Waals surface area contributed by atoms with Gasteiger partial charge in [0.05, 0.1) is 6.26 Å². The first kappa shape index (κ1) is 11.2. The number of furan rings is 1. The van der Waals surface area contributed by atoms with Crippen LogP contribution in [0.15, 0.2) is 47.1 Å². The van der Waals surface area contributed by atoms with Crippen molar-refractivity contribution >= 4 is 18.1 Å². The summed E-state index contributed by atoms with van der Waals surface area (Å²) in [4.78, 5) is 10.9. The van der Waals surface area contributed by atoms with Gasteiger partial charge in [0.1, 0.15) is 11.5 Å². The minimum Gasteiger partial charge on any atom is -0.465 e.